The van der Waals surface area contributed by atoms with Crippen LogP contribution in [-0.4, -0.2) is 19.5 Å². The summed E-state index contributed by atoms with van der Waals surface area (Å²) in [5, 5.41) is 4.43. The van der Waals surface area contributed by atoms with Gasteiger partial charge in [0.2, 0.25) is 0 Å². The molecule has 0 aliphatic heterocycles. The lowest BCUT2D eigenvalue weighted by Crippen LogP contribution is -2.16. The number of hydrogen-bond acceptors (Lipinski definition) is 4. The molecule has 0 fully saturated rings. The van der Waals surface area contributed by atoms with Crippen LogP contribution in [-0.2, 0) is 5.41 Å². The maximum atomic E-state index is 6.71. The first-order valence-electron chi connectivity index (χ1n) is 18.0. The van der Waals surface area contributed by atoms with Gasteiger partial charge in [-0.2, -0.15) is 0 Å². The third kappa shape index (κ3) is 4.34. The summed E-state index contributed by atoms with van der Waals surface area (Å²) in [4.78, 5) is 15.4. The summed E-state index contributed by atoms with van der Waals surface area (Å²) in [5.74, 6) is 1.83. The summed E-state index contributed by atoms with van der Waals surface area (Å²) >= 11 is 0. The van der Waals surface area contributed by atoms with Gasteiger partial charge in [0, 0.05) is 49.7 Å². The molecule has 7 aromatic carbocycles. The zero-order valence-corrected chi connectivity index (χ0v) is 29.2. The molecule has 0 radical (unpaired) electrons. The van der Waals surface area contributed by atoms with Crippen molar-refractivity contribution in [2.45, 2.75) is 19.3 Å². The molecule has 3 heterocycles. The maximum absolute atomic E-state index is 6.71. The SMILES string of the molecule is CC1(C)c2ccccc2-c2ccc3c4ccccc4n(-c4cc(-c5nc(-c6ccccc6)nc(-c6ccccc6)n5)c5c(c4)oc4ccccc45)c3c21. The molecule has 53 heavy (non-hydrogen) atoms. The van der Waals surface area contributed by atoms with Gasteiger partial charge < -0.3 is 8.98 Å². The molecule has 0 N–H and O–H groups in total. The molecular formula is C48H32N4O. The third-order valence-electron chi connectivity index (χ3n) is 11.0. The first-order valence-corrected chi connectivity index (χ1v) is 18.0. The number of benzene rings is 7. The van der Waals surface area contributed by atoms with E-state index < -0.39 is 0 Å². The van der Waals surface area contributed by atoms with Crippen LogP contribution in [0.2, 0.25) is 0 Å². The maximum Gasteiger partial charge on any atom is 0.164 e. The van der Waals surface area contributed by atoms with Crippen LogP contribution in [0, 0.1) is 0 Å². The van der Waals surface area contributed by atoms with E-state index in [1.54, 1.807) is 0 Å². The Hall–Kier alpha value is -6.85. The van der Waals surface area contributed by atoms with Crippen LogP contribution in [0.1, 0.15) is 25.0 Å². The second-order valence-corrected chi connectivity index (χ2v) is 14.4. The lowest BCUT2D eigenvalue weighted by Gasteiger charge is -2.23. The average molecular weight is 681 g/mol. The highest BCUT2D eigenvalue weighted by Gasteiger charge is 2.38. The Morgan fingerprint density at radius 3 is 1.87 bits per heavy atom. The molecule has 5 nitrogen and oxygen atoms in total. The van der Waals surface area contributed by atoms with Crippen LogP contribution < -0.4 is 0 Å². The van der Waals surface area contributed by atoms with Gasteiger partial charge in [0.25, 0.3) is 0 Å². The Balaban J connectivity index is 1.27. The average Bonchev–Trinajstić information content (AvgIpc) is 3.83. The van der Waals surface area contributed by atoms with Crippen LogP contribution in [0.3, 0.4) is 0 Å². The summed E-state index contributed by atoms with van der Waals surface area (Å²) in [5.41, 5.74) is 12.7. The monoisotopic (exact) mass is 680 g/mol. The molecule has 3 aromatic heterocycles. The second kappa shape index (κ2) is 11.1. The van der Waals surface area contributed by atoms with E-state index in [4.69, 9.17) is 19.4 Å². The van der Waals surface area contributed by atoms with Crippen LogP contribution in [0.4, 0.5) is 0 Å². The summed E-state index contributed by atoms with van der Waals surface area (Å²) in [6.45, 7) is 4.71. The Morgan fingerprint density at radius 1 is 0.491 bits per heavy atom. The molecule has 1 aliphatic rings. The predicted molar refractivity (Wildman–Crippen MR) is 215 cm³/mol. The van der Waals surface area contributed by atoms with E-state index in [2.05, 4.69) is 103 Å². The Labute approximate surface area is 305 Å². The molecule has 5 heteroatoms. The van der Waals surface area contributed by atoms with Crippen LogP contribution in [0.15, 0.2) is 162 Å². The lowest BCUT2D eigenvalue weighted by molar-refractivity contribution is 0.663. The second-order valence-electron chi connectivity index (χ2n) is 14.4. The van der Waals surface area contributed by atoms with Gasteiger partial charge in [0.05, 0.1) is 16.7 Å². The Morgan fingerprint density at radius 2 is 1.11 bits per heavy atom. The molecular weight excluding hydrogens is 649 g/mol. The normalized spacial score (nSPS) is 13.2. The summed E-state index contributed by atoms with van der Waals surface area (Å²) in [7, 11) is 0. The highest BCUT2D eigenvalue weighted by molar-refractivity contribution is 6.15. The van der Waals surface area contributed by atoms with Crippen molar-refractivity contribution >= 4 is 43.7 Å². The van der Waals surface area contributed by atoms with Gasteiger partial charge in [0.1, 0.15) is 11.2 Å². The van der Waals surface area contributed by atoms with E-state index >= 15 is 0 Å². The third-order valence-corrected chi connectivity index (χ3v) is 11.0. The molecule has 0 saturated carbocycles. The molecule has 0 atom stereocenters. The topological polar surface area (TPSA) is 56.7 Å². The van der Waals surface area contributed by atoms with E-state index in [-0.39, 0.29) is 5.41 Å². The highest BCUT2D eigenvalue weighted by atomic mass is 16.3. The largest absolute Gasteiger partial charge is 0.456 e. The minimum Gasteiger partial charge on any atom is -0.456 e. The zero-order valence-electron chi connectivity index (χ0n) is 29.2. The lowest BCUT2D eigenvalue weighted by atomic mass is 9.81. The highest BCUT2D eigenvalue weighted by Crippen LogP contribution is 2.53. The molecule has 0 saturated heterocycles. The van der Waals surface area contributed by atoms with Crippen molar-refractivity contribution in [3.63, 3.8) is 0 Å². The van der Waals surface area contributed by atoms with Crippen molar-refractivity contribution < 1.29 is 4.42 Å². The number of para-hydroxylation sites is 2. The van der Waals surface area contributed by atoms with Gasteiger partial charge in [-0.3, -0.25) is 0 Å². The first-order chi connectivity index (χ1) is 26.0. The van der Waals surface area contributed by atoms with E-state index in [1.165, 1.54) is 38.5 Å². The van der Waals surface area contributed by atoms with Gasteiger partial charge in [-0.25, -0.2) is 15.0 Å². The summed E-state index contributed by atoms with van der Waals surface area (Å²) in [6.07, 6.45) is 0. The van der Waals surface area contributed by atoms with Crippen LogP contribution in [0.5, 0.6) is 0 Å². The summed E-state index contributed by atoms with van der Waals surface area (Å²) < 4.78 is 9.14. The quantitative estimate of drug-likeness (QED) is 0.186. The van der Waals surface area contributed by atoms with Crippen molar-refractivity contribution in [1.82, 2.24) is 19.5 Å². The van der Waals surface area contributed by atoms with Crippen molar-refractivity contribution in [3.8, 4) is 51.0 Å². The first kappa shape index (κ1) is 29.8. The van der Waals surface area contributed by atoms with E-state index in [0.29, 0.717) is 17.5 Å². The zero-order chi connectivity index (χ0) is 35.3. The van der Waals surface area contributed by atoms with E-state index in [0.717, 1.165) is 49.8 Å². The predicted octanol–water partition coefficient (Wildman–Crippen LogP) is 12.2. The number of aromatic nitrogens is 4. The minimum absolute atomic E-state index is 0.215. The van der Waals surface area contributed by atoms with Crippen molar-refractivity contribution in [1.29, 1.82) is 0 Å². The number of rotatable bonds is 4. The fourth-order valence-corrected chi connectivity index (χ4v) is 8.65. The molecule has 10 aromatic rings. The van der Waals surface area contributed by atoms with Crippen molar-refractivity contribution in [3.05, 3.63) is 169 Å². The van der Waals surface area contributed by atoms with Gasteiger partial charge in [0.15, 0.2) is 17.5 Å². The number of hydrogen-bond donors (Lipinski definition) is 0. The minimum atomic E-state index is -0.215. The Bertz CT molecular complexity index is 3020. The number of fused-ring (bicyclic) bond motifs is 10. The molecule has 250 valence electrons. The van der Waals surface area contributed by atoms with Crippen LogP contribution in [0.25, 0.3) is 94.7 Å². The van der Waals surface area contributed by atoms with Crippen LogP contribution >= 0.6 is 0 Å². The molecule has 11 rings (SSSR count). The van der Waals surface area contributed by atoms with Crippen molar-refractivity contribution in [2.75, 3.05) is 0 Å². The van der Waals surface area contributed by atoms with Crippen molar-refractivity contribution in [2.24, 2.45) is 0 Å². The van der Waals surface area contributed by atoms with Gasteiger partial charge in [-0.05, 0) is 40.5 Å². The Kier molecular flexibility index (Phi) is 6.23. The van der Waals surface area contributed by atoms with Gasteiger partial charge in [-0.15, -0.1) is 0 Å². The molecule has 0 spiro atoms. The fraction of sp³-hybridized carbons (Fsp3) is 0.0625. The fourth-order valence-electron chi connectivity index (χ4n) is 8.65. The molecule has 0 unspecified atom stereocenters. The van der Waals surface area contributed by atoms with Gasteiger partial charge in [-0.1, -0.05) is 147 Å². The van der Waals surface area contributed by atoms with Gasteiger partial charge >= 0.3 is 0 Å². The standard InChI is InChI=1S/C48H32N4O/c1-48(2)38-22-12-9-19-32(38)34-25-26-35-33-20-10-13-23-39(33)52(44(35)43(34)48)31-27-37(42-36-21-11-14-24-40(36)53-41(42)28-31)47-50-45(29-15-5-3-6-16-29)49-46(51-47)30-17-7-4-8-18-30/h3-28H,1-2H3. The smallest absolute Gasteiger partial charge is 0.164 e. The molecule has 1 aliphatic carbocycles. The van der Waals surface area contributed by atoms with E-state index in [9.17, 15) is 0 Å². The molecule has 0 amide bonds. The molecule has 0 bridgehead atoms. The van der Waals surface area contributed by atoms with E-state index in [1.807, 2.05) is 72.8 Å². The number of nitrogens with zero attached hydrogens (tertiary/aromatic N) is 4. The number of furan rings is 1. The summed E-state index contributed by atoms with van der Waals surface area (Å²) in [6, 6.07) is 55.1.